The van der Waals surface area contributed by atoms with Crippen LogP contribution in [0.5, 0.6) is 5.88 Å². The molecule has 6 aromatic heterocycles. The summed E-state index contributed by atoms with van der Waals surface area (Å²) in [6.07, 6.45) is 9.53. The molecular formula is C29H20BrCl8N10O6P. The Morgan fingerprint density at radius 3 is 1.84 bits per heavy atom. The number of alkyl halides is 1. The Morgan fingerprint density at radius 2 is 1.24 bits per heavy atom. The van der Waals surface area contributed by atoms with Crippen molar-refractivity contribution >= 4 is 146 Å². The lowest BCUT2D eigenvalue weighted by Crippen LogP contribution is -1.93. The van der Waals surface area contributed by atoms with Gasteiger partial charge in [-0.05, 0) is 73.9 Å². The minimum Gasteiger partial charge on any atom is -0.479 e. The second-order valence-electron chi connectivity index (χ2n) is 9.63. The first-order chi connectivity index (χ1) is 26.0. The van der Waals surface area contributed by atoms with Crippen molar-refractivity contribution in [2.45, 2.75) is 11.6 Å². The van der Waals surface area contributed by atoms with Crippen molar-refractivity contribution < 1.29 is 29.8 Å². The number of nitrogens with zero attached hydrogens (tertiary/aromatic N) is 8. The van der Waals surface area contributed by atoms with Gasteiger partial charge in [0.2, 0.25) is 5.88 Å². The van der Waals surface area contributed by atoms with Gasteiger partial charge in [-0.15, -0.1) is 10.2 Å². The van der Waals surface area contributed by atoms with Gasteiger partial charge in [-0.1, -0.05) is 58.0 Å². The number of halogens is 9. The maximum absolute atomic E-state index is 11.1. The summed E-state index contributed by atoms with van der Waals surface area (Å²) in [4.78, 5) is 37.5. The number of hydrogen-bond acceptors (Lipinski definition) is 16. The number of cyclic esters (lactones) is 2. The first kappa shape index (κ1) is 46.0. The zero-order valence-electron chi connectivity index (χ0n) is 26.9. The molecule has 0 fully saturated rings. The summed E-state index contributed by atoms with van der Waals surface area (Å²) in [6, 6.07) is 6.38. The SMILES string of the molecule is COc1nncc2cnc(Cl)cc12.Clc1cc2c(Cl)nncc2cn1.N=N.O=C1OC(Br)c2cnc(Cl)cc21.O=C1OCc2cnc(Cl)cc21.O=P(Cl)(Cl)Cl.[HH]. The fourth-order valence-corrected chi connectivity index (χ4v) is 5.37. The summed E-state index contributed by atoms with van der Waals surface area (Å²) in [5, 5.41) is 16.4. The molecule has 55 heavy (non-hydrogen) atoms. The number of pyridine rings is 4. The Hall–Kier alpha value is -3.35. The molecule has 0 spiro atoms. The van der Waals surface area contributed by atoms with Crippen LogP contribution in [0.25, 0.3) is 21.5 Å². The van der Waals surface area contributed by atoms with Crippen molar-refractivity contribution in [3.63, 3.8) is 0 Å². The third-order valence-electron chi connectivity index (χ3n) is 6.24. The molecule has 0 bridgehead atoms. The molecule has 26 heteroatoms. The average molecular weight is 999 g/mol. The highest BCUT2D eigenvalue weighted by molar-refractivity contribution is 9.09. The van der Waals surface area contributed by atoms with Gasteiger partial charge in [-0.25, -0.2) is 40.6 Å². The van der Waals surface area contributed by atoms with E-state index in [-0.39, 0.29) is 18.4 Å². The van der Waals surface area contributed by atoms with Crippen molar-refractivity contribution in [3.8, 4) is 5.88 Å². The summed E-state index contributed by atoms with van der Waals surface area (Å²) in [5.74, 6) is -0.220. The highest BCUT2D eigenvalue weighted by Crippen LogP contribution is 2.61. The van der Waals surface area contributed by atoms with E-state index in [1.807, 2.05) is 0 Å². The second-order valence-corrected chi connectivity index (χ2v) is 19.0. The molecule has 0 amide bonds. The highest BCUT2D eigenvalue weighted by Gasteiger charge is 2.29. The van der Waals surface area contributed by atoms with Crippen molar-refractivity contribution in [1.29, 1.82) is 11.1 Å². The first-order valence-corrected chi connectivity index (χ1v) is 21.3. The van der Waals surface area contributed by atoms with E-state index in [2.05, 4.69) is 90.0 Å². The lowest BCUT2D eigenvalue weighted by molar-refractivity contribution is 0.0523. The van der Waals surface area contributed by atoms with E-state index in [1.54, 1.807) is 43.1 Å². The van der Waals surface area contributed by atoms with E-state index in [4.69, 9.17) is 83.3 Å². The van der Waals surface area contributed by atoms with Crippen molar-refractivity contribution in [3.05, 3.63) is 109 Å². The van der Waals surface area contributed by atoms with Gasteiger partial charge in [0.15, 0.2) is 10.2 Å². The molecule has 2 N–H and O–H groups in total. The van der Waals surface area contributed by atoms with E-state index in [0.29, 0.717) is 49.4 Å². The Balaban J connectivity index is 0.000000243. The summed E-state index contributed by atoms with van der Waals surface area (Å²) >= 11 is 45.4. The molecule has 0 aliphatic carbocycles. The summed E-state index contributed by atoms with van der Waals surface area (Å²) in [6.45, 7) is 0.318. The smallest absolute Gasteiger partial charge is 0.340 e. The summed E-state index contributed by atoms with van der Waals surface area (Å²) < 4.78 is 24.1. The maximum Gasteiger partial charge on any atom is 0.340 e. The van der Waals surface area contributed by atoms with Gasteiger partial charge in [-0.2, -0.15) is 10.2 Å². The zero-order valence-corrected chi connectivity index (χ0v) is 35.5. The lowest BCUT2D eigenvalue weighted by Gasteiger charge is -2.01. The van der Waals surface area contributed by atoms with E-state index >= 15 is 0 Å². The first-order valence-electron chi connectivity index (χ1n) is 14.0. The van der Waals surface area contributed by atoms with Crippen LogP contribution in [-0.2, 0) is 20.6 Å². The normalized spacial score (nSPS) is 13.2. The Bertz CT molecular complexity index is 2370. The van der Waals surface area contributed by atoms with Crippen LogP contribution in [0.4, 0.5) is 0 Å². The van der Waals surface area contributed by atoms with Crippen molar-refractivity contribution in [2.24, 2.45) is 0 Å². The predicted molar refractivity (Wildman–Crippen MR) is 214 cm³/mol. The third kappa shape index (κ3) is 14.3. The van der Waals surface area contributed by atoms with Gasteiger partial charge in [0.25, 0.3) is 0 Å². The van der Waals surface area contributed by atoms with Crippen LogP contribution >= 0.6 is 113 Å². The molecule has 2 aliphatic rings. The second kappa shape index (κ2) is 21.8. The quantitative estimate of drug-likeness (QED) is 0.0513. The number of carbonyl (C=O) groups is 2. The van der Waals surface area contributed by atoms with Crippen LogP contribution in [0.3, 0.4) is 0 Å². The standard InChI is InChI=1S/C8H6ClN3O.C7H3BrClNO2.C7H3Cl2N3.C7H4ClNO2.Cl3OP.H2N2.H2/c1-13-8-6-2-7(9)10-3-5(6)4-11-12-8;8-6-4-2-10-5(9)1-3(4)7(11)12-6;8-6-1-5-4(2-10-6)3-11-12-7(5)9;8-6-1-5-4(2-9-6)3-11-7(5)10;1-5(2,3)4;1-2;/h2-4H,1H3;1-2,6H;1-3H;1-2H,3H2;;1-2H;1H. The number of hydrogen-bond donors (Lipinski definition) is 2. The van der Waals surface area contributed by atoms with Crippen LogP contribution in [0.2, 0.25) is 25.8 Å². The van der Waals surface area contributed by atoms with Crippen LogP contribution in [0.15, 0.2) is 61.4 Å². The summed E-state index contributed by atoms with van der Waals surface area (Å²) in [7, 11) is 1.54. The van der Waals surface area contributed by atoms with E-state index in [1.165, 1.54) is 25.4 Å². The van der Waals surface area contributed by atoms with Crippen LogP contribution in [0.1, 0.15) is 38.3 Å². The number of ether oxygens (including phenoxy) is 3. The number of rotatable bonds is 1. The van der Waals surface area contributed by atoms with E-state index in [0.717, 1.165) is 32.7 Å². The van der Waals surface area contributed by atoms with Crippen LogP contribution in [0, 0.1) is 11.1 Å². The van der Waals surface area contributed by atoms with Gasteiger partial charge >= 0.3 is 17.1 Å². The van der Waals surface area contributed by atoms with Crippen LogP contribution < -0.4 is 4.74 Å². The van der Waals surface area contributed by atoms with E-state index < -0.39 is 5.20 Å². The molecule has 8 rings (SSSR count). The molecule has 1 atom stereocenters. The van der Waals surface area contributed by atoms with Gasteiger partial charge in [0, 0.05) is 53.5 Å². The minimum absolute atomic E-state index is 0. The minimum atomic E-state index is -3.22. The molecule has 8 heterocycles. The number of carbonyl (C=O) groups excluding carboxylic acids is 2. The molecule has 16 nitrogen and oxygen atoms in total. The number of fused-ring (bicyclic) bond motifs is 4. The monoisotopic (exact) mass is 994 g/mol. The molecule has 6 aromatic rings. The molecule has 0 saturated carbocycles. The molecule has 0 aromatic carbocycles. The molecule has 0 saturated heterocycles. The zero-order chi connectivity index (χ0) is 40.9. The molecule has 1 unspecified atom stereocenters. The lowest BCUT2D eigenvalue weighted by atomic mass is 10.2. The molecule has 290 valence electrons. The van der Waals surface area contributed by atoms with Gasteiger partial charge in [0.05, 0.1) is 36.0 Å². The fraction of sp³-hybridized carbons (Fsp3) is 0.103. The number of esters is 2. The molecule has 0 radical (unpaired) electrons. The predicted octanol–water partition coefficient (Wildman–Crippen LogP) is 11.4. The van der Waals surface area contributed by atoms with E-state index in [9.17, 15) is 14.2 Å². The fourth-order valence-electron chi connectivity index (χ4n) is 4.00. The average Bonchev–Trinajstić information content (AvgIpc) is 3.65. The molecule has 2 aliphatic heterocycles. The van der Waals surface area contributed by atoms with Crippen molar-refractivity contribution in [2.75, 3.05) is 7.11 Å². The maximum atomic E-state index is 11.1. The van der Waals surface area contributed by atoms with Gasteiger partial charge in [-0.3, -0.25) is 4.57 Å². The Kier molecular flexibility index (Phi) is 18.3. The number of aromatic nitrogens is 8. The van der Waals surface area contributed by atoms with Crippen LogP contribution in [-0.4, -0.2) is 59.4 Å². The van der Waals surface area contributed by atoms with Crippen molar-refractivity contribution in [1.82, 2.24) is 40.3 Å². The number of methoxy groups -OCH3 is 1. The Labute approximate surface area is 359 Å². The number of nitrogens with one attached hydrogen (secondary N) is 2. The summed E-state index contributed by atoms with van der Waals surface area (Å²) in [5.41, 5.74) is 12.5. The Morgan fingerprint density at radius 1 is 0.745 bits per heavy atom. The largest absolute Gasteiger partial charge is 0.479 e. The molecular weight excluding hydrogens is 979 g/mol. The highest BCUT2D eigenvalue weighted by atomic mass is 79.9. The topological polar surface area (TPSA) is 230 Å². The van der Waals surface area contributed by atoms with Gasteiger partial charge < -0.3 is 14.2 Å². The van der Waals surface area contributed by atoms with Gasteiger partial charge in [0.1, 0.15) is 27.2 Å². The third-order valence-corrected chi connectivity index (χ3v) is 8.03.